The van der Waals surface area contributed by atoms with Gasteiger partial charge in [0.05, 0.1) is 11.4 Å². The summed E-state index contributed by atoms with van der Waals surface area (Å²) in [5.41, 5.74) is 4.53. The second-order valence-corrected chi connectivity index (χ2v) is 4.66. The van der Waals surface area contributed by atoms with E-state index < -0.39 is 0 Å². The number of fused-ring (bicyclic) bond motifs is 3. The molecule has 0 bridgehead atoms. The van der Waals surface area contributed by atoms with Crippen LogP contribution in [-0.4, -0.2) is 14.6 Å². The molecule has 2 heterocycles. The molecule has 0 aromatic carbocycles. The van der Waals surface area contributed by atoms with E-state index in [0.717, 1.165) is 17.8 Å². The molecule has 2 aromatic rings. The third-order valence-electron chi connectivity index (χ3n) is 2.90. The van der Waals surface area contributed by atoms with Crippen molar-refractivity contribution >= 4 is 16.3 Å². The van der Waals surface area contributed by atoms with Gasteiger partial charge in [-0.15, -0.1) is 0 Å². The number of hydrogen-bond acceptors (Lipinski definition) is 3. The van der Waals surface area contributed by atoms with Gasteiger partial charge in [-0.05, 0) is 25.7 Å². The highest BCUT2D eigenvalue weighted by Crippen LogP contribution is 2.22. The zero-order chi connectivity index (χ0) is 9.38. The Morgan fingerprint density at radius 2 is 2.00 bits per heavy atom. The smallest absolute Gasteiger partial charge is 0.212 e. The third kappa shape index (κ3) is 1.25. The van der Waals surface area contributed by atoms with E-state index in [1.807, 2.05) is 10.0 Å². The van der Waals surface area contributed by atoms with Crippen LogP contribution in [0.25, 0.3) is 4.96 Å². The van der Waals surface area contributed by atoms with Crippen molar-refractivity contribution in [3.8, 4) is 0 Å². The largest absolute Gasteiger partial charge is 0.222 e. The average molecular weight is 207 g/mol. The second-order valence-electron chi connectivity index (χ2n) is 3.85. The van der Waals surface area contributed by atoms with Crippen molar-refractivity contribution in [1.29, 1.82) is 0 Å². The van der Waals surface area contributed by atoms with E-state index in [0.29, 0.717) is 0 Å². The summed E-state index contributed by atoms with van der Waals surface area (Å²) in [4.78, 5) is 5.70. The Morgan fingerprint density at radius 3 is 2.93 bits per heavy atom. The van der Waals surface area contributed by atoms with Crippen LogP contribution in [0.5, 0.6) is 0 Å². The zero-order valence-electron chi connectivity index (χ0n) is 8.07. The molecule has 0 atom stereocenters. The van der Waals surface area contributed by atoms with Gasteiger partial charge in [-0.3, -0.25) is 0 Å². The standard InChI is InChI=1S/C10H13N3S/c1-2-4-6-9-8(5-3-1)12-10-13(9)11-7-14-10/h7H,1-6H2. The summed E-state index contributed by atoms with van der Waals surface area (Å²) in [6, 6.07) is 0. The maximum Gasteiger partial charge on any atom is 0.212 e. The lowest BCUT2D eigenvalue weighted by Gasteiger charge is -2.07. The molecule has 74 valence electrons. The third-order valence-corrected chi connectivity index (χ3v) is 3.57. The summed E-state index contributed by atoms with van der Waals surface area (Å²) in [5.74, 6) is 0. The Labute approximate surface area is 86.8 Å². The predicted molar refractivity (Wildman–Crippen MR) is 56.7 cm³/mol. The number of aromatic nitrogens is 3. The van der Waals surface area contributed by atoms with E-state index >= 15 is 0 Å². The van der Waals surface area contributed by atoms with Gasteiger partial charge >= 0.3 is 0 Å². The molecule has 14 heavy (non-hydrogen) atoms. The highest BCUT2D eigenvalue weighted by atomic mass is 32.1. The summed E-state index contributed by atoms with van der Waals surface area (Å²) in [7, 11) is 0. The maximum atomic E-state index is 4.63. The van der Waals surface area contributed by atoms with Crippen LogP contribution in [0, 0.1) is 0 Å². The molecule has 4 heteroatoms. The van der Waals surface area contributed by atoms with Crippen LogP contribution in [0.3, 0.4) is 0 Å². The molecule has 0 aliphatic heterocycles. The summed E-state index contributed by atoms with van der Waals surface area (Å²) < 4.78 is 2.03. The molecular formula is C10H13N3S. The first kappa shape index (κ1) is 8.41. The highest BCUT2D eigenvalue weighted by molar-refractivity contribution is 7.14. The molecule has 1 aliphatic carbocycles. The first-order valence-corrected chi connectivity index (χ1v) is 6.13. The maximum absolute atomic E-state index is 4.63. The van der Waals surface area contributed by atoms with Crippen LogP contribution in [0.1, 0.15) is 37.1 Å². The van der Waals surface area contributed by atoms with Crippen molar-refractivity contribution in [2.75, 3.05) is 0 Å². The Kier molecular flexibility index (Phi) is 2.01. The van der Waals surface area contributed by atoms with Gasteiger partial charge in [-0.1, -0.05) is 24.2 Å². The van der Waals surface area contributed by atoms with Crippen molar-refractivity contribution < 1.29 is 0 Å². The molecule has 0 radical (unpaired) electrons. The van der Waals surface area contributed by atoms with E-state index in [1.54, 1.807) is 11.3 Å². The van der Waals surface area contributed by atoms with Crippen molar-refractivity contribution in [2.24, 2.45) is 0 Å². The fourth-order valence-electron chi connectivity index (χ4n) is 2.17. The molecule has 0 unspecified atom stereocenters. The summed E-state index contributed by atoms with van der Waals surface area (Å²) >= 11 is 1.64. The van der Waals surface area contributed by atoms with Gasteiger partial charge in [0.15, 0.2) is 0 Å². The molecule has 0 fully saturated rings. The molecule has 1 aliphatic rings. The van der Waals surface area contributed by atoms with Gasteiger partial charge < -0.3 is 0 Å². The number of imidazole rings is 1. The molecule has 0 saturated carbocycles. The van der Waals surface area contributed by atoms with Gasteiger partial charge in [0.1, 0.15) is 5.51 Å². The normalized spacial score (nSPS) is 17.7. The Hall–Kier alpha value is -0.900. The van der Waals surface area contributed by atoms with Crippen LogP contribution in [0.15, 0.2) is 5.51 Å². The van der Waals surface area contributed by atoms with Crippen LogP contribution >= 0.6 is 11.3 Å². The monoisotopic (exact) mass is 207 g/mol. The number of nitrogens with zero attached hydrogens (tertiary/aromatic N) is 3. The second kappa shape index (κ2) is 3.35. The number of hydrogen-bond donors (Lipinski definition) is 0. The zero-order valence-corrected chi connectivity index (χ0v) is 8.89. The minimum atomic E-state index is 1.07. The topological polar surface area (TPSA) is 30.2 Å². The van der Waals surface area contributed by atoms with Crippen molar-refractivity contribution in [2.45, 2.75) is 38.5 Å². The van der Waals surface area contributed by atoms with Crippen LogP contribution in [0.4, 0.5) is 0 Å². The van der Waals surface area contributed by atoms with E-state index in [2.05, 4.69) is 10.1 Å². The highest BCUT2D eigenvalue weighted by Gasteiger charge is 2.15. The minimum Gasteiger partial charge on any atom is -0.222 e. The first-order chi connectivity index (χ1) is 6.95. The first-order valence-electron chi connectivity index (χ1n) is 5.25. The van der Waals surface area contributed by atoms with Gasteiger partial charge in [-0.25, -0.2) is 9.50 Å². The van der Waals surface area contributed by atoms with Crippen LogP contribution < -0.4 is 0 Å². The number of rotatable bonds is 0. The SMILES string of the molecule is c1nn2c3c(nc2s1)CCCCCC3. The van der Waals surface area contributed by atoms with Crippen molar-refractivity contribution in [1.82, 2.24) is 14.6 Å². The Bertz CT molecular complexity index is 443. The quantitative estimate of drug-likeness (QED) is 0.664. The average Bonchev–Trinajstić information content (AvgIpc) is 2.67. The molecular weight excluding hydrogens is 194 g/mol. The molecule has 2 aromatic heterocycles. The van der Waals surface area contributed by atoms with E-state index in [4.69, 9.17) is 0 Å². The molecule has 3 rings (SSSR count). The lowest BCUT2D eigenvalue weighted by atomic mass is 10.0. The molecule has 0 amide bonds. The lowest BCUT2D eigenvalue weighted by molar-refractivity contribution is 0.600. The van der Waals surface area contributed by atoms with Gasteiger partial charge in [-0.2, -0.15) is 5.10 Å². The summed E-state index contributed by atoms with van der Waals surface area (Å²) in [6.45, 7) is 0. The molecule has 0 spiro atoms. The predicted octanol–water partition coefficient (Wildman–Crippen LogP) is 2.45. The Morgan fingerprint density at radius 1 is 1.14 bits per heavy atom. The fraction of sp³-hybridized carbons (Fsp3) is 0.600. The van der Waals surface area contributed by atoms with Crippen molar-refractivity contribution in [3.05, 3.63) is 16.9 Å². The molecule has 0 N–H and O–H groups in total. The molecule has 3 nitrogen and oxygen atoms in total. The van der Waals surface area contributed by atoms with Gasteiger partial charge in [0, 0.05) is 0 Å². The van der Waals surface area contributed by atoms with E-state index in [-0.39, 0.29) is 0 Å². The van der Waals surface area contributed by atoms with Crippen LogP contribution in [-0.2, 0) is 12.8 Å². The lowest BCUT2D eigenvalue weighted by Crippen LogP contribution is -2.01. The van der Waals surface area contributed by atoms with E-state index in [1.165, 1.54) is 37.1 Å². The van der Waals surface area contributed by atoms with Crippen molar-refractivity contribution in [3.63, 3.8) is 0 Å². The van der Waals surface area contributed by atoms with E-state index in [9.17, 15) is 0 Å². The Balaban J connectivity index is 2.12. The van der Waals surface area contributed by atoms with Gasteiger partial charge in [0.25, 0.3) is 0 Å². The minimum absolute atomic E-state index is 1.07. The molecule has 0 saturated heterocycles. The fourth-order valence-corrected chi connectivity index (χ4v) is 2.82. The number of aryl methyl sites for hydroxylation is 2. The summed E-state index contributed by atoms with van der Waals surface area (Å²) in [5, 5.41) is 4.34. The van der Waals surface area contributed by atoms with Gasteiger partial charge in [0.2, 0.25) is 4.96 Å². The summed E-state index contributed by atoms with van der Waals surface area (Å²) in [6.07, 6.45) is 7.59. The van der Waals surface area contributed by atoms with Crippen LogP contribution in [0.2, 0.25) is 0 Å².